The molecule has 0 amide bonds. The molecule has 6 heteroatoms. The molecule has 0 atom stereocenters. The third kappa shape index (κ3) is 12.6. The van der Waals surface area contributed by atoms with Gasteiger partial charge in [0, 0.05) is 35.4 Å². The monoisotopic (exact) mass is 484 g/mol. The van der Waals surface area contributed by atoms with E-state index < -0.39 is 0 Å². The summed E-state index contributed by atoms with van der Waals surface area (Å²) in [4.78, 5) is 0. The van der Waals surface area contributed by atoms with Gasteiger partial charge in [0.15, 0.2) is 0 Å². The molecular formula is C28H56N2O4. The summed E-state index contributed by atoms with van der Waals surface area (Å²) in [7, 11) is 0. The summed E-state index contributed by atoms with van der Waals surface area (Å²) in [5.74, 6) is 0. The first-order valence-electron chi connectivity index (χ1n) is 13.8. The van der Waals surface area contributed by atoms with Gasteiger partial charge in [0.05, 0.1) is 12.2 Å². The SMILES string of the molecule is CC1(C)CC(OCOCCCCCCCCOCOC2CC(C)(C)NC(C)(C)C2)CC(C)(C)N1. The Labute approximate surface area is 210 Å². The lowest BCUT2D eigenvalue weighted by Crippen LogP contribution is -2.59. The van der Waals surface area contributed by atoms with Gasteiger partial charge in [-0.05, 0) is 93.9 Å². The lowest BCUT2D eigenvalue weighted by Gasteiger charge is -2.46. The minimum absolute atomic E-state index is 0.117. The summed E-state index contributed by atoms with van der Waals surface area (Å²) in [6.07, 6.45) is 11.9. The summed E-state index contributed by atoms with van der Waals surface area (Å²) in [5.41, 5.74) is 0.468. The Bertz CT molecular complexity index is 495. The molecule has 0 bridgehead atoms. The van der Waals surface area contributed by atoms with Gasteiger partial charge in [-0.25, -0.2) is 0 Å². The molecule has 0 aromatic rings. The van der Waals surface area contributed by atoms with Gasteiger partial charge >= 0.3 is 0 Å². The van der Waals surface area contributed by atoms with Crippen molar-refractivity contribution in [3.63, 3.8) is 0 Å². The topological polar surface area (TPSA) is 61.0 Å². The molecule has 34 heavy (non-hydrogen) atoms. The molecule has 0 radical (unpaired) electrons. The summed E-state index contributed by atoms with van der Waals surface area (Å²) < 4.78 is 23.5. The fourth-order valence-electron chi connectivity index (χ4n) is 6.21. The van der Waals surface area contributed by atoms with Crippen LogP contribution in [0.15, 0.2) is 0 Å². The van der Waals surface area contributed by atoms with Crippen molar-refractivity contribution in [2.45, 2.75) is 154 Å². The fourth-order valence-corrected chi connectivity index (χ4v) is 6.21. The number of ether oxygens (including phenoxy) is 4. The van der Waals surface area contributed by atoms with E-state index in [2.05, 4.69) is 66.0 Å². The van der Waals surface area contributed by atoms with Crippen LogP contribution in [0.25, 0.3) is 0 Å². The quantitative estimate of drug-likeness (QED) is 0.222. The Balaban J connectivity index is 1.36. The molecule has 0 unspecified atom stereocenters. The van der Waals surface area contributed by atoms with Crippen molar-refractivity contribution in [2.75, 3.05) is 26.8 Å². The number of rotatable bonds is 15. The van der Waals surface area contributed by atoms with E-state index in [-0.39, 0.29) is 34.4 Å². The first kappa shape index (κ1) is 30.0. The second-order valence-electron chi connectivity index (χ2n) is 13.4. The number of nitrogens with one attached hydrogen (secondary N) is 2. The highest BCUT2D eigenvalue weighted by molar-refractivity contribution is 4.98. The molecule has 2 saturated heterocycles. The molecule has 202 valence electrons. The molecule has 0 spiro atoms. The van der Waals surface area contributed by atoms with Gasteiger partial charge in [0.2, 0.25) is 0 Å². The van der Waals surface area contributed by atoms with Crippen LogP contribution < -0.4 is 10.6 Å². The molecule has 0 aliphatic carbocycles. The van der Waals surface area contributed by atoms with E-state index in [0.717, 1.165) is 51.7 Å². The maximum Gasteiger partial charge on any atom is 0.147 e. The van der Waals surface area contributed by atoms with Crippen molar-refractivity contribution in [1.82, 2.24) is 10.6 Å². The highest BCUT2D eigenvalue weighted by Gasteiger charge is 2.39. The van der Waals surface area contributed by atoms with Crippen LogP contribution in [-0.4, -0.2) is 61.2 Å². The van der Waals surface area contributed by atoms with E-state index in [4.69, 9.17) is 18.9 Å². The van der Waals surface area contributed by atoms with Crippen LogP contribution in [0.5, 0.6) is 0 Å². The van der Waals surface area contributed by atoms with Gasteiger partial charge in [-0.15, -0.1) is 0 Å². The molecule has 2 aliphatic heterocycles. The zero-order chi connectivity index (χ0) is 25.3. The molecule has 2 aliphatic rings. The molecule has 2 fully saturated rings. The minimum Gasteiger partial charge on any atom is -0.355 e. The van der Waals surface area contributed by atoms with E-state index in [9.17, 15) is 0 Å². The normalized spacial score (nSPS) is 24.4. The van der Waals surface area contributed by atoms with Crippen molar-refractivity contribution in [2.24, 2.45) is 0 Å². The van der Waals surface area contributed by atoms with Crippen LogP contribution in [0.2, 0.25) is 0 Å². The molecule has 0 saturated carbocycles. The lowest BCUT2D eigenvalue weighted by molar-refractivity contribution is -0.117. The largest absolute Gasteiger partial charge is 0.355 e. The second-order valence-corrected chi connectivity index (χ2v) is 13.4. The molecule has 2 N–H and O–H groups in total. The average molecular weight is 485 g/mol. The summed E-state index contributed by atoms with van der Waals surface area (Å²) >= 11 is 0. The Hall–Kier alpha value is -0.240. The van der Waals surface area contributed by atoms with Crippen LogP contribution in [0.3, 0.4) is 0 Å². The van der Waals surface area contributed by atoms with Crippen LogP contribution in [-0.2, 0) is 18.9 Å². The van der Waals surface area contributed by atoms with Gasteiger partial charge < -0.3 is 29.6 Å². The van der Waals surface area contributed by atoms with Crippen molar-refractivity contribution in [3.05, 3.63) is 0 Å². The van der Waals surface area contributed by atoms with Gasteiger partial charge in [-0.2, -0.15) is 0 Å². The number of hydrogen-bond acceptors (Lipinski definition) is 6. The highest BCUT2D eigenvalue weighted by Crippen LogP contribution is 2.31. The molecule has 0 aromatic heterocycles. The fraction of sp³-hybridized carbons (Fsp3) is 1.00. The minimum atomic E-state index is 0.117. The summed E-state index contributed by atoms with van der Waals surface area (Å²) in [5, 5.41) is 7.39. The van der Waals surface area contributed by atoms with Crippen molar-refractivity contribution < 1.29 is 18.9 Å². The van der Waals surface area contributed by atoms with Gasteiger partial charge in [-0.1, -0.05) is 25.7 Å². The third-order valence-corrected chi connectivity index (χ3v) is 6.91. The highest BCUT2D eigenvalue weighted by atomic mass is 16.7. The molecule has 6 nitrogen and oxygen atoms in total. The van der Waals surface area contributed by atoms with Crippen LogP contribution in [0.4, 0.5) is 0 Å². The first-order valence-corrected chi connectivity index (χ1v) is 13.8. The van der Waals surface area contributed by atoms with E-state index in [1.807, 2.05) is 0 Å². The molecule has 2 rings (SSSR count). The second kappa shape index (κ2) is 13.3. The number of hydrogen-bond donors (Lipinski definition) is 2. The van der Waals surface area contributed by atoms with E-state index in [1.165, 1.54) is 25.7 Å². The smallest absolute Gasteiger partial charge is 0.147 e. The average Bonchev–Trinajstić information content (AvgIpc) is 2.63. The van der Waals surface area contributed by atoms with Crippen LogP contribution in [0, 0.1) is 0 Å². The Morgan fingerprint density at radius 2 is 0.794 bits per heavy atom. The predicted molar refractivity (Wildman–Crippen MR) is 140 cm³/mol. The zero-order valence-corrected chi connectivity index (χ0v) is 23.7. The Morgan fingerprint density at radius 3 is 1.12 bits per heavy atom. The summed E-state index contributed by atoms with van der Waals surface area (Å²) in [6.45, 7) is 20.4. The predicted octanol–water partition coefficient (Wildman–Crippen LogP) is 5.93. The van der Waals surface area contributed by atoms with Gasteiger partial charge in [0.1, 0.15) is 13.6 Å². The molecule has 0 aromatic carbocycles. The van der Waals surface area contributed by atoms with Crippen molar-refractivity contribution in [3.8, 4) is 0 Å². The maximum atomic E-state index is 6.02. The van der Waals surface area contributed by atoms with Gasteiger partial charge in [-0.3, -0.25) is 0 Å². The third-order valence-electron chi connectivity index (χ3n) is 6.91. The zero-order valence-electron chi connectivity index (χ0n) is 23.7. The standard InChI is InChI=1S/C28H56N2O4/c1-25(2)17-23(18-26(3,4)29-25)33-21-31-15-13-11-9-10-12-14-16-32-22-34-24-19-27(5,6)30-28(7,8)20-24/h23-24,29-30H,9-22H2,1-8H3. The van der Waals surface area contributed by atoms with Crippen molar-refractivity contribution >= 4 is 0 Å². The van der Waals surface area contributed by atoms with E-state index in [0.29, 0.717) is 13.6 Å². The number of piperidine rings is 2. The van der Waals surface area contributed by atoms with E-state index >= 15 is 0 Å². The first-order chi connectivity index (χ1) is 15.8. The molecule has 2 heterocycles. The van der Waals surface area contributed by atoms with Crippen LogP contribution in [0.1, 0.15) is 120 Å². The van der Waals surface area contributed by atoms with Gasteiger partial charge in [0.25, 0.3) is 0 Å². The number of unbranched alkanes of at least 4 members (excludes halogenated alkanes) is 5. The lowest BCUT2D eigenvalue weighted by atomic mass is 9.81. The summed E-state index contributed by atoms with van der Waals surface area (Å²) in [6, 6.07) is 0. The Kier molecular flexibility index (Phi) is 11.8. The van der Waals surface area contributed by atoms with Crippen molar-refractivity contribution in [1.29, 1.82) is 0 Å². The van der Waals surface area contributed by atoms with Crippen LogP contribution >= 0.6 is 0 Å². The van der Waals surface area contributed by atoms with E-state index in [1.54, 1.807) is 0 Å². The molecular weight excluding hydrogens is 428 g/mol. The Morgan fingerprint density at radius 1 is 0.500 bits per heavy atom. The maximum absolute atomic E-state index is 6.02.